The van der Waals surface area contributed by atoms with Crippen LogP contribution in [0, 0.1) is 0 Å². The fourth-order valence-corrected chi connectivity index (χ4v) is 2.45. The summed E-state index contributed by atoms with van der Waals surface area (Å²) in [5.74, 6) is 0.265. The molecule has 0 spiro atoms. The number of rotatable bonds is 9. The number of carbonyl (C=O) groups excluding carboxylic acids is 1. The van der Waals surface area contributed by atoms with Gasteiger partial charge < -0.3 is 9.64 Å². The summed E-state index contributed by atoms with van der Waals surface area (Å²) in [4.78, 5) is 14.3. The Kier molecular flexibility index (Phi) is 7.28. The number of amides is 1. The molecule has 4 nitrogen and oxygen atoms in total. The van der Waals surface area contributed by atoms with Gasteiger partial charge in [0.2, 0.25) is 5.91 Å². The maximum Gasteiger partial charge on any atom is 0.241 e. The molecule has 0 radical (unpaired) electrons. The predicted octanol–water partition coefficient (Wildman–Crippen LogP) is 2.14. The van der Waals surface area contributed by atoms with E-state index in [1.165, 1.54) is 0 Å². The highest BCUT2D eigenvalue weighted by Crippen LogP contribution is 2.18. The highest BCUT2D eigenvalue weighted by Gasteiger charge is 2.37. The second kappa shape index (κ2) is 8.48. The molecule has 1 amide bonds. The van der Waals surface area contributed by atoms with Crippen molar-refractivity contribution < 1.29 is 9.53 Å². The molecule has 4 heteroatoms. The summed E-state index contributed by atoms with van der Waals surface area (Å²) >= 11 is 0. The summed E-state index contributed by atoms with van der Waals surface area (Å²) in [6.07, 6.45) is 5.55. The summed E-state index contributed by atoms with van der Waals surface area (Å²) in [5, 5.41) is 3.47. The van der Waals surface area contributed by atoms with Gasteiger partial charge in [0.1, 0.15) is 0 Å². The van der Waals surface area contributed by atoms with Crippen molar-refractivity contribution >= 4 is 5.91 Å². The highest BCUT2D eigenvalue weighted by molar-refractivity contribution is 5.84. The molecule has 0 bridgehead atoms. The van der Waals surface area contributed by atoms with Crippen LogP contribution in [0.3, 0.4) is 0 Å². The Balaban J connectivity index is 2.50. The van der Waals surface area contributed by atoms with E-state index in [1.54, 1.807) is 0 Å². The minimum Gasteiger partial charge on any atom is -0.380 e. The highest BCUT2D eigenvalue weighted by atomic mass is 16.5. The van der Waals surface area contributed by atoms with Crippen LogP contribution in [0.25, 0.3) is 0 Å². The van der Waals surface area contributed by atoms with Gasteiger partial charge in [0, 0.05) is 13.2 Å². The molecule has 1 saturated heterocycles. The van der Waals surface area contributed by atoms with Crippen molar-refractivity contribution in [1.82, 2.24) is 10.2 Å². The Morgan fingerprint density at radius 1 is 1.22 bits per heavy atom. The van der Waals surface area contributed by atoms with Gasteiger partial charge in [-0.2, -0.15) is 0 Å². The molecular weight excluding hydrogens is 228 g/mol. The molecule has 1 aliphatic rings. The van der Waals surface area contributed by atoms with Crippen LogP contribution in [0.2, 0.25) is 0 Å². The summed E-state index contributed by atoms with van der Waals surface area (Å²) in [7, 11) is 0. The van der Waals surface area contributed by atoms with Gasteiger partial charge in [-0.05, 0) is 19.8 Å². The zero-order valence-corrected chi connectivity index (χ0v) is 12.1. The van der Waals surface area contributed by atoms with Gasteiger partial charge in [-0.25, -0.2) is 0 Å². The van der Waals surface area contributed by atoms with Crippen LogP contribution < -0.4 is 5.32 Å². The van der Waals surface area contributed by atoms with E-state index in [9.17, 15) is 4.79 Å². The lowest BCUT2D eigenvalue weighted by atomic mass is 10.1. The number of hydrogen-bond donors (Lipinski definition) is 1. The van der Waals surface area contributed by atoms with E-state index in [4.69, 9.17) is 4.74 Å². The molecule has 1 rings (SSSR count). The minimum absolute atomic E-state index is 0.0307. The van der Waals surface area contributed by atoms with Crippen molar-refractivity contribution in [2.24, 2.45) is 0 Å². The molecule has 0 aliphatic carbocycles. The molecule has 106 valence electrons. The van der Waals surface area contributed by atoms with Crippen LogP contribution in [-0.2, 0) is 9.53 Å². The molecule has 18 heavy (non-hydrogen) atoms. The molecule has 1 aliphatic heterocycles. The van der Waals surface area contributed by atoms with Crippen molar-refractivity contribution in [3.05, 3.63) is 0 Å². The third kappa shape index (κ3) is 4.25. The molecule has 0 aromatic rings. The van der Waals surface area contributed by atoms with Crippen LogP contribution in [-0.4, -0.2) is 42.8 Å². The maximum atomic E-state index is 12.3. The molecular formula is C14H28N2O2. The van der Waals surface area contributed by atoms with Gasteiger partial charge in [-0.3, -0.25) is 10.1 Å². The van der Waals surface area contributed by atoms with Crippen LogP contribution in [0.5, 0.6) is 0 Å². The van der Waals surface area contributed by atoms with Crippen molar-refractivity contribution in [2.45, 2.75) is 65.1 Å². The first-order chi connectivity index (χ1) is 8.74. The lowest BCUT2D eigenvalue weighted by Gasteiger charge is -2.23. The maximum absolute atomic E-state index is 12.3. The van der Waals surface area contributed by atoms with E-state index in [1.807, 2.05) is 11.8 Å². The van der Waals surface area contributed by atoms with Crippen molar-refractivity contribution in [1.29, 1.82) is 0 Å². The molecule has 2 atom stereocenters. The number of hydrogen-bond acceptors (Lipinski definition) is 3. The second-order valence-corrected chi connectivity index (χ2v) is 4.89. The van der Waals surface area contributed by atoms with Gasteiger partial charge in [-0.15, -0.1) is 0 Å². The number of ether oxygens (including phenoxy) is 1. The SMILES string of the molecule is CCCCC1NC(CCC)N(CCOCC)C1=O. The van der Waals surface area contributed by atoms with Crippen molar-refractivity contribution in [3.8, 4) is 0 Å². The van der Waals surface area contributed by atoms with Gasteiger partial charge in [-0.1, -0.05) is 33.1 Å². The average molecular weight is 256 g/mol. The van der Waals surface area contributed by atoms with Crippen molar-refractivity contribution in [2.75, 3.05) is 19.8 Å². The van der Waals surface area contributed by atoms with E-state index in [-0.39, 0.29) is 18.1 Å². The Morgan fingerprint density at radius 2 is 2.00 bits per heavy atom. The first-order valence-electron chi connectivity index (χ1n) is 7.38. The Hall–Kier alpha value is -0.610. The lowest BCUT2D eigenvalue weighted by Crippen LogP contribution is -2.39. The normalized spacial score (nSPS) is 23.9. The number of nitrogens with one attached hydrogen (secondary N) is 1. The van der Waals surface area contributed by atoms with Gasteiger partial charge >= 0.3 is 0 Å². The second-order valence-electron chi connectivity index (χ2n) is 4.89. The molecule has 0 saturated carbocycles. The quantitative estimate of drug-likeness (QED) is 0.643. The monoisotopic (exact) mass is 256 g/mol. The zero-order chi connectivity index (χ0) is 13.4. The van der Waals surface area contributed by atoms with E-state index in [2.05, 4.69) is 19.2 Å². The first-order valence-corrected chi connectivity index (χ1v) is 7.38. The third-order valence-electron chi connectivity index (χ3n) is 3.44. The molecule has 1 heterocycles. The Morgan fingerprint density at radius 3 is 2.61 bits per heavy atom. The molecule has 1 N–H and O–H groups in total. The fourth-order valence-electron chi connectivity index (χ4n) is 2.45. The Bertz CT molecular complexity index is 246. The van der Waals surface area contributed by atoms with Crippen LogP contribution in [0.1, 0.15) is 52.9 Å². The smallest absolute Gasteiger partial charge is 0.241 e. The van der Waals surface area contributed by atoms with Gasteiger partial charge in [0.05, 0.1) is 18.8 Å². The summed E-state index contributed by atoms with van der Waals surface area (Å²) in [6, 6.07) is 0.0307. The van der Waals surface area contributed by atoms with Crippen LogP contribution in [0.4, 0.5) is 0 Å². The summed E-state index contributed by atoms with van der Waals surface area (Å²) in [5.41, 5.74) is 0. The molecule has 0 aromatic carbocycles. The standard InChI is InChI=1S/C14H28N2O2/c1-4-7-9-12-14(17)16(10-11-18-6-3)13(15-12)8-5-2/h12-13,15H,4-11H2,1-3H3. The predicted molar refractivity (Wildman–Crippen MR) is 73.4 cm³/mol. The van der Waals surface area contributed by atoms with Crippen molar-refractivity contribution in [3.63, 3.8) is 0 Å². The molecule has 2 unspecified atom stereocenters. The Labute approximate surface area is 111 Å². The molecule has 1 fully saturated rings. The minimum atomic E-state index is 0.0307. The van der Waals surface area contributed by atoms with Crippen LogP contribution >= 0.6 is 0 Å². The van der Waals surface area contributed by atoms with Gasteiger partial charge in [0.25, 0.3) is 0 Å². The first kappa shape index (κ1) is 15.4. The summed E-state index contributed by atoms with van der Waals surface area (Å²) in [6.45, 7) is 8.38. The average Bonchev–Trinajstić information content (AvgIpc) is 2.65. The number of carbonyl (C=O) groups is 1. The fraction of sp³-hybridized carbons (Fsp3) is 0.929. The van der Waals surface area contributed by atoms with E-state index in [0.29, 0.717) is 19.8 Å². The van der Waals surface area contributed by atoms with E-state index >= 15 is 0 Å². The summed E-state index contributed by atoms with van der Waals surface area (Å²) < 4.78 is 5.36. The topological polar surface area (TPSA) is 41.6 Å². The van der Waals surface area contributed by atoms with Crippen LogP contribution in [0.15, 0.2) is 0 Å². The largest absolute Gasteiger partial charge is 0.380 e. The lowest BCUT2D eigenvalue weighted by molar-refractivity contribution is -0.131. The number of nitrogens with zero attached hydrogens (tertiary/aromatic N) is 1. The number of unbranched alkanes of at least 4 members (excludes halogenated alkanes) is 1. The van der Waals surface area contributed by atoms with E-state index < -0.39 is 0 Å². The molecule has 0 aromatic heterocycles. The zero-order valence-electron chi connectivity index (χ0n) is 12.1. The van der Waals surface area contributed by atoms with Gasteiger partial charge in [0.15, 0.2) is 0 Å². The van der Waals surface area contributed by atoms with E-state index in [0.717, 1.165) is 32.1 Å². The third-order valence-corrected chi connectivity index (χ3v) is 3.44.